The Kier molecular flexibility index (Phi) is 6.17. The lowest BCUT2D eigenvalue weighted by atomic mass is 9.83. The van der Waals surface area contributed by atoms with E-state index >= 15 is 0 Å². The molecule has 0 amide bonds. The number of ether oxygens (including phenoxy) is 1. The van der Waals surface area contributed by atoms with E-state index in [-0.39, 0.29) is 0 Å². The number of aromatic nitrogens is 4. The van der Waals surface area contributed by atoms with Crippen LogP contribution in [0.3, 0.4) is 0 Å². The molecule has 1 saturated carbocycles. The third kappa shape index (κ3) is 4.67. The van der Waals surface area contributed by atoms with E-state index in [0.29, 0.717) is 13.2 Å². The monoisotopic (exact) mass is 396 g/mol. The highest BCUT2D eigenvalue weighted by atomic mass is 32.1. The summed E-state index contributed by atoms with van der Waals surface area (Å²) < 4.78 is 7.52. The smallest absolute Gasteiger partial charge is 0.178 e. The van der Waals surface area contributed by atoms with Crippen molar-refractivity contribution in [3.8, 4) is 11.5 Å². The molecule has 6 heteroatoms. The van der Waals surface area contributed by atoms with Crippen molar-refractivity contribution in [1.82, 2.24) is 19.7 Å². The van der Waals surface area contributed by atoms with Crippen LogP contribution in [0.4, 0.5) is 0 Å². The minimum atomic E-state index is 0.649. The molecule has 0 bridgehead atoms. The molecule has 0 N–H and O–H groups in total. The van der Waals surface area contributed by atoms with Gasteiger partial charge in [0, 0.05) is 24.8 Å². The molecule has 1 aliphatic carbocycles. The molecule has 3 aromatic rings. The van der Waals surface area contributed by atoms with Crippen LogP contribution in [-0.2, 0) is 24.1 Å². The second kappa shape index (κ2) is 8.97. The van der Waals surface area contributed by atoms with Crippen molar-refractivity contribution in [3.63, 3.8) is 0 Å². The molecule has 1 aliphatic rings. The zero-order valence-corrected chi connectivity index (χ0v) is 17.5. The molecule has 0 atom stereocenters. The van der Waals surface area contributed by atoms with E-state index in [0.717, 1.165) is 47.7 Å². The first-order chi connectivity index (χ1) is 13.7. The van der Waals surface area contributed by atoms with Crippen molar-refractivity contribution in [2.24, 2.45) is 5.92 Å². The number of aryl methyl sites for hydroxylation is 1. The quantitative estimate of drug-likeness (QED) is 0.493. The molecule has 2 aromatic heterocycles. The summed E-state index contributed by atoms with van der Waals surface area (Å²) in [5.74, 6) is 2.58. The maximum atomic E-state index is 5.54. The zero-order chi connectivity index (χ0) is 19.3. The van der Waals surface area contributed by atoms with Gasteiger partial charge in [-0.3, -0.25) is 0 Å². The van der Waals surface area contributed by atoms with Crippen molar-refractivity contribution in [2.45, 2.75) is 52.5 Å². The fourth-order valence-corrected chi connectivity index (χ4v) is 4.25. The van der Waals surface area contributed by atoms with Crippen LogP contribution in [0.1, 0.15) is 48.1 Å². The van der Waals surface area contributed by atoms with Gasteiger partial charge >= 0.3 is 0 Å². The highest BCUT2D eigenvalue weighted by Crippen LogP contribution is 2.30. The van der Waals surface area contributed by atoms with Crippen molar-refractivity contribution >= 4 is 11.3 Å². The largest absolute Gasteiger partial charge is 0.380 e. The molecule has 1 aromatic carbocycles. The molecule has 4 rings (SSSR count). The predicted molar refractivity (Wildman–Crippen MR) is 113 cm³/mol. The lowest BCUT2D eigenvalue weighted by molar-refractivity contribution is 0.136. The Balaban J connectivity index is 1.52. The number of hydrogen-bond donors (Lipinski definition) is 0. The molecule has 0 radical (unpaired) electrons. The second-order valence-electron chi connectivity index (χ2n) is 7.56. The summed E-state index contributed by atoms with van der Waals surface area (Å²) in [7, 11) is 0. The first-order valence-electron chi connectivity index (χ1n) is 10.2. The van der Waals surface area contributed by atoms with E-state index in [9.17, 15) is 0 Å². The van der Waals surface area contributed by atoms with Crippen LogP contribution in [0.2, 0.25) is 0 Å². The van der Waals surface area contributed by atoms with Crippen molar-refractivity contribution in [3.05, 3.63) is 51.6 Å². The molecular weight excluding hydrogens is 368 g/mol. The van der Waals surface area contributed by atoms with Gasteiger partial charge in [0.1, 0.15) is 5.69 Å². The highest BCUT2D eigenvalue weighted by Gasteiger charge is 2.22. The molecule has 148 valence electrons. The second-order valence-corrected chi connectivity index (χ2v) is 8.50. The zero-order valence-electron chi connectivity index (χ0n) is 16.7. The molecule has 1 fully saturated rings. The Morgan fingerprint density at radius 3 is 2.71 bits per heavy atom. The number of hydrogen-bond acceptors (Lipinski definition) is 5. The van der Waals surface area contributed by atoms with Gasteiger partial charge in [-0.1, -0.05) is 49.1 Å². The average Bonchev–Trinajstić information content (AvgIpc) is 3.27. The molecule has 2 heterocycles. The molecule has 0 aliphatic heterocycles. The Hall–Kier alpha value is -2.05. The van der Waals surface area contributed by atoms with Crippen LogP contribution in [0.5, 0.6) is 0 Å². The van der Waals surface area contributed by atoms with Gasteiger partial charge < -0.3 is 4.74 Å². The standard InChI is InChI=1S/C22H28N4OS/c1-3-27-12-11-26-22(24-20(25-26)13-17-5-4-6-17)19-15-28-21(23-19)14-18-9-7-16(2)8-10-18/h7-10,15,17H,3-6,11-14H2,1-2H3. The van der Waals surface area contributed by atoms with Gasteiger partial charge in [-0.15, -0.1) is 11.3 Å². The van der Waals surface area contributed by atoms with Crippen LogP contribution in [0, 0.1) is 12.8 Å². The predicted octanol–water partition coefficient (Wildman–Crippen LogP) is 4.68. The fourth-order valence-electron chi connectivity index (χ4n) is 3.45. The topological polar surface area (TPSA) is 52.8 Å². The van der Waals surface area contributed by atoms with Gasteiger partial charge in [0.05, 0.1) is 18.2 Å². The maximum absolute atomic E-state index is 5.54. The molecule has 0 unspecified atom stereocenters. The Labute approximate surface area is 170 Å². The number of rotatable bonds is 9. The molecular formula is C22H28N4OS. The molecule has 28 heavy (non-hydrogen) atoms. The normalized spacial score (nSPS) is 14.4. The molecule has 5 nitrogen and oxygen atoms in total. The van der Waals surface area contributed by atoms with E-state index in [1.165, 1.54) is 30.4 Å². The minimum absolute atomic E-state index is 0.649. The minimum Gasteiger partial charge on any atom is -0.380 e. The van der Waals surface area contributed by atoms with E-state index < -0.39 is 0 Å². The van der Waals surface area contributed by atoms with Crippen LogP contribution in [0.25, 0.3) is 11.5 Å². The lowest BCUT2D eigenvalue weighted by Gasteiger charge is -2.23. The summed E-state index contributed by atoms with van der Waals surface area (Å²) >= 11 is 1.70. The Morgan fingerprint density at radius 2 is 2.00 bits per heavy atom. The van der Waals surface area contributed by atoms with E-state index in [1.54, 1.807) is 11.3 Å². The van der Waals surface area contributed by atoms with Gasteiger partial charge in [0.15, 0.2) is 11.6 Å². The third-order valence-corrected chi connectivity index (χ3v) is 6.17. The van der Waals surface area contributed by atoms with Crippen LogP contribution < -0.4 is 0 Å². The number of nitrogens with zero attached hydrogens (tertiary/aromatic N) is 4. The Bertz CT molecular complexity index is 896. The fraction of sp³-hybridized carbons (Fsp3) is 0.500. The summed E-state index contributed by atoms with van der Waals surface area (Å²) in [5.41, 5.74) is 3.50. The van der Waals surface area contributed by atoms with Crippen molar-refractivity contribution < 1.29 is 4.74 Å². The summed E-state index contributed by atoms with van der Waals surface area (Å²) in [4.78, 5) is 9.72. The van der Waals surface area contributed by atoms with E-state index in [2.05, 4.69) is 36.6 Å². The van der Waals surface area contributed by atoms with Crippen LogP contribution in [0.15, 0.2) is 29.6 Å². The van der Waals surface area contributed by atoms with Crippen LogP contribution >= 0.6 is 11.3 Å². The van der Waals surface area contributed by atoms with Gasteiger partial charge in [-0.2, -0.15) is 5.10 Å². The van der Waals surface area contributed by atoms with E-state index in [4.69, 9.17) is 19.8 Å². The van der Waals surface area contributed by atoms with Gasteiger partial charge in [-0.25, -0.2) is 14.6 Å². The third-order valence-electron chi connectivity index (χ3n) is 5.32. The molecule has 0 spiro atoms. The summed E-state index contributed by atoms with van der Waals surface area (Å²) in [6.07, 6.45) is 5.79. The Morgan fingerprint density at radius 1 is 1.18 bits per heavy atom. The first-order valence-corrected chi connectivity index (χ1v) is 11.1. The molecule has 0 saturated heterocycles. The van der Waals surface area contributed by atoms with Gasteiger partial charge in [0.25, 0.3) is 0 Å². The number of benzene rings is 1. The number of thiazole rings is 1. The van der Waals surface area contributed by atoms with Crippen LogP contribution in [-0.4, -0.2) is 33.0 Å². The summed E-state index contributed by atoms with van der Waals surface area (Å²) in [5, 5.41) is 7.99. The lowest BCUT2D eigenvalue weighted by Crippen LogP contribution is -2.15. The van der Waals surface area contributed by atoms with Gasteiger partial charge in [-0.05, 0) is 25.3 Å². The highest BCUT2D eigenvalue weighted by molar-refractivity contribution is 7.10. The van der Waals surface area contributed by atoms with Gasteiger partial charge in [0.2, 0.25) is 0 Å². The van der Waals surface area contributed by atoms with Crippen molar-refractivity contribution in [1.29, 1.82) is 0 Å². The summed E-state index contributed by atoms with van der Waals surface area (Å²) in [6, 6.07) is 8.66. The van der Waals surface area contributed by atoms with Crippen molar-refractivity contribution in [2.75, 3.05) is 13.2 Å². The SMILES string of the molecule is CCOCCn1nc(CC2CCC2)nc1-c1csc(Cc2ccc(C)cc2)n1. The first kappa shape index (κ1) is 19.3. The average molecular weight is 397 g/mol. The maximum Gasteiger partial charge on any atom is 0.178 e. The summed E-state index contributed by atoms with van der Waals surface area (Å²) in [6.45, 7) is 6.21. The van der Waals surface area contributed by atoms with E-state index in [1.807, 2.05) is 11.6 Å².